The fraction of sp³-hybridized carbons (Fsp3) is 0.0714. The van der Waals surface area contributed by atoms with Crippen LogP contribution in [0, 0.1) is 18.3 Å². The van der Waals surface area contributed by atoms with Crippen molar-refractivity contribution >= 4 is 5.69 Å². The topological polar surface area (TPSA) is 59.0 Å². The van der Waals surface area contributed by atoms with Crippen molar-refractivity contribution < 1.29 is 4.74 Å². The summed E-state index contributed by atoms with van der Waals surface area (Å²) in [6.45, 7) is 1.92. The molecule has 0 radical (unpaired) electrons. The molecule has 0 atom stereocenters. The molecule has 0 spiro atoms. The number of nitrogens with zero attached hydrogens (tertiary/aromatic N) is 1. The van der Waals surface area contributed by atoms with Crippen molar-refractivity contribution in [2.75, 3.05) is 5.73 Å². The van der Waals surface area contributed by atoms with Gasteiger partial charge in [0, 0.05) is 0 Å². The SMILES string of the molecule is Cc1cccc(N)c1Oc1ccccc1C#N. The Morgan fingerprint density at radius 2 is 1.88 bits per heavy atom. The number of anilines is 1. The number of para-hydroxylation sites is 2. The summed E-state index contributed by atoms with van der Waals surface area (Å²) in [5.41, 5.74) is 7.86. The predicted molar refractivity (Wildman–Crippen MR) is 66.8 cm³/mol. The highest BCUT2D eigenvalue weighted by molar-refractivity contribution is 5.58. The minimum Gasteiger partial charge on any atom is -0.454 e. The first-order valence-corrected chi connectivity index (χ1v) is 5.24. The van der Waals surface area contributed by atoms with Gasteiger partial charge in [-0.1, -0.05) is 24.3 Å². The Balaban J connectivity index is 2.42. The van der Waals surface area contributed by atoms with E-state index in [4.69, 9.17) is 15.7 Å². The molecule has 3 nitrogen and oxygen atoms in total. The van der Waals surface area contributed by atoms with Gasteiger partial charge in [0.1, 0.15) is 11.8 Å². The third kappa shape index (κ3) is 2.21. The second-order valence-corrected chi connectivity index (χ2v) is 3.70. The van der Waals surface area contributed by atoms with Crippen LogP contribution in [0.4, 0.5) is 5.69 Å². The molecule has 2 aromatic rings. The van der Waals surface area contributed by atoms with E-state index in [1.807, 2.05) is 25.1 Å². The van der Waals surface area contributed by atoms with Gasteiger partial charge in [0.05, 0.1) is 11.3 Å². The Morgan fingerprint density at radius 1 is 1.12 bits per heavy atom. The third-order valence-corrected chi connectivity index (χ3v) is 2.46. The van der Waals surface area contributed by atoms with Crippen LogP contribution in [-0.4, -0.2) is 0 Å². The van der Waals surface area contributed by atoms with E-state index in [0.29, 0.717) is 22.7 Å². The lowest BCUT2D eigenvalue weighted by molar-refractivity contribution is 0.480. The summed E-state index contributed by atoms with van der Waals surface area (Å²) in [4.78, 5) is 0. The van der Waals surface area contributed by atoms with E-state index in [1.165, 1.54) is 0 Å². The molecule has 2 aromatic carbocycles. The van der Waals surface area contributed by atoms with Gasteiger partial charge in [0.2, 0.25) is 0 Å². The summed E-state index contributed by atoms with van der Waals surface area (Å²) >= 11 is 0. The average molecular weight is 224 g/mol. The lowest BCUT2D eigenvalue weighted by Gasteiger charge is -2.11. The van der Waals surface area contributed by atoms with Gasteiger partial charge >= 0.3 is 0 Å². The number of nitriles is 1. The molecule has 0 unspecified atom stereocenters. The summed E-state index contributed by atoms with van der Waals surface area (Å²) in [6, 6.07) is 14.7. The quantitative estimate of drug-likeness (QED) is 0.796. The van der Waals surface area contributed by atoms with Gasteiger partial charge in [-0.25, -0.2) is 0 Å². The Bertz CT molecular complexity index is 565. The molecule has 0 aliphatic heterocycles. The van der Waals surface area contributed by atoms with Crippen LogP contribution in [0.2, 0.25) is 0 Å². The Kier molecular flexibility index (Phi) is 2.97. The largest absolute Gasteiger partial charge is 0.454 e. The molecular weight excluding hydrogens is 212 g/mol. The van der Waals surface area contributed by atoms with Gasteiger partial charge in [0.25, 0.3) is 0 Å². The Morgan fingerprint density at radius 3 is 2.59 bits per heavy atom. The number of nitrogen functional groups attached to an aromatic ring is 1. The summed E-state index contributed by atoms with van der Waals surface area (Å²) in [6.07, 6.45) is 0. The van der Waals surface area contributed by atoms with Crippen molar-refractivity contribution in [2.24, 2.45) is 0 Å². The first kappa shape index (κ1) is 11.0. The molecule has 0 fully saturated rings. The number of rotatable bonds is 2. The lowest BCUT2D eigenvalue weighted by Crippen LogP contribution is -1.95. The second-order valence-electron chi connectivity index (χ2n) is 3.70. The third-order valence-electron chi connectivity index (χ3n) is 2.46. The Labute approximate surface area is 100 Å². The molecular formula is C14H12N2O. The summed E-state index contributed by atoms with van der Waals surface area (Å²) in [5, 5.41) is 8.97. The normalized spacial score (nSPS) is 9.65. The van der Waals surface area contributed by atoms with E-state index < -0.39 is 0 Å². The van der Waals surface area contributed by atoms with Gasteiger partial charge in [-0.15, -0.1) is 0 Å². The number of nitrogens with two attached hydrogens (primary N) is 1. The van der Waals surface area contributed by atoms with Crippen LogP contribution in [0.3, 0.4) is 0 Å². The number of aryl methyl sites for hydroxylation is 1. The minimum atomic E-state index is 0.496. The number of benzene rings is 2. The zero-order valence-electron chi connectivity index (χ0n) is 9.47. The van der Waals surface area contributed by atoms with Crippen molar-refractivity contribution in [3.05, 3.63) is 53.6 Å². The first-order valence-electron chi connectivity index (χ1n) is 5.24. The van der Waals surface area contributed by atoms with Crippen LogP contribution in [0.15, 0.2) is 42.5 Å². The minimum absolute atomic E-state index is 0.496. The molecule has 0 aliphatic rings. The van der Waals surface area contributed by atoms with Crippen molar-refractivity contribution in [1.29, 1.82) is 5.26 Å². The zero-order valence-corrected chi connectivity index (χ0v) is 9.47. The maximum atomic E-state index is 8.97. The van der Waals surface area contributed by atoms with E-state index in [2.05, 4.69) is 6.07 Å². The maximum Gasteiger partial charge on any atom is 0.153 e. The molecule has 0 aromatic heterocycles. The van der Waals surface area contributed by atoms with E-state index in [-0.39, 0.29) is 0 Å². The molecule has 0 aliphatic carbocycles. The van der Waals surface area contributed by atoms with Gasteiger partial charge in [-0.2, -0.15) is 5.26 Å². The summed E-state index contributed by atoms with van der Waals surface area (Å²) in [5.74, 6) is 1.13. The molecule has 0 saturated carbocycles. The van der Waals surface area contributed by atoms with Crippen LogP contribution >= 0.6 is 0 Å². The fourth-order valence-corrected chi connectivity index (χ4v) is 1.57. The van der Waals surface area contributed by atoms with Crippen molar-refractivity contribution in [1.82, 2.24) is 0 Å². The smallest absolute Gasteiger partial charge is 0.153 e. The molecule has 2 N–H and O–H groups in total. The molecule has 84 valence electrons. The van der Waals surface area contributed by atoms with Crippen molar-refractivity contribution in [3.8, 4) is 17.6 Å². The van der Waals surface area contributed by atoms with Crippen LogP contribution < -0.4 is 10.5 Å². The van der Waals surface area contributed by atoms with E-state index in [0.717, 1.165) is 5.56 Å². The van der Waals surface area contributed by atoms with Gasteiger partial charge in [-0.3, -0.25) is 0 Å². The lowest BCUT2D eigenvalue weighted by atomic mass is 10.2. The van der Waals surface area contributed by atoms with Crippen LogP contribution in [-0.2, 0) is 0 Å². The van der Waals surface area contributed by atoms with Crippen LogP contribution in [0.1, 0.15) is 11.1 Å². The van der Waals surface area contributed by atoms with E-state index in [9.17, 15) is 0 Å². The summed E-state index contributed by atoms with van der Waals surface area (Å²) in [7, 11) is 0. The van der Waals surface area contributed by atoms with E-state index in [1.54, 1.807) is 24.3 Å². The average Bonchev–Trinajstić information content (AvgIpc) is 2.34. The molecule has 2 rings (SSSR count). The number of ether oxygens (including phenoxy) is 1. The highest BCUT2D eigenvalue weighted by Crippen LogP contribution is 2.32. The number of hydrogen-bond donors (Lipinski definition) is 1. The zero-order chi connectivity index (χ0) is 12.3. The standard InChI is InChI=1S/C14H12N2O/c1-10-5-4-7-12(16)14(10)17-13-8-3-2-6-11(13)9-15/h2-8H,16H2,1H3. The van der Waals surface area contributed by atoms with Crippen molar-refractivity contribution in [2.45, 2.75) is 6.92 Å². The summed E-state index contributed by atoms with van der Waals surface area (Å²) < 4.78 is 5.71. The molecule has 0 saturated heterocycles. The van der Waals surface area contributed by atoms with Crippen molar-refractivity contribution in [3.63, 3.8) is 0 Å². The van der Waals surface area contributed by atoms with E-state index >= 15 is 0 Å². The maximum absolute atomic E-state index is 8.97. The fourth-order valence-electron chi connectivity index (χ4n) is 1.57. The monoisotopic (exact) mass is 224 g/mol. The van der Waals surface area contributed by atoms with Gasteiger partial charge in [0.15, 0.2) is 5.75 Å². The molecule has 0 bridgehead atoms. The second kappa shape index (κ2) is 4.58. The first-order chi connectivity index (χ1) is 8.22. The molecule has 0 amide bonds. The van der Waals surface area contributed by atoms with Crippen LogP contribution in [0.25, 0.3) is 0 Å². The van der Waals surface area contributed by atoms with Gasteiger partial charge < -0.3 is 10.5 Å². The number of hydrogen-bond acceptors (Lipinski definition) is 3. The highest BCUT2D eigenvalue weighted by Gasteiger charge is 2.08. The van der Waals surface area contributed by atoms with Gasteiger partial charge in [-0.05, 0) is 30.7 Å². The van der Waals surface area contributed by atoms with Crippen LogP contribution in [0.5, 0.6) is 11.5 Å². The molecule has 3 heteroatoms. The predicted octanol–water partition coefficient (Wildman–Crippen LogP) is 3.24. The molecule has 17 heavy (non-hydrogen) atoms. The Hall–Kier alpha value is -2.47. The highest BCUT2D eigenvalue weighted by atomic mass is 16.5. The molecule has 0 heterocycles.